The number of nitrogens with zero attached hydrogens (tertiary/aromatic N) is 2. The van der Waals surface area contributed by atoms with E-state index in [0.29, 0.717) is 17.1 Å². The second-order valence-electron chi connectivity index (χ2n) is 4.27. The number of para-hydroxylation sites is 1. The highest BCUT2D eigenvalue weighted by Crippen LogP contribution is 2.23. The van der Waals surface area contributed by atoms with Crippen LogP contribution >= 0.6 is 11.6 Å². The third kappa shape index (κ3) is 2.98. The summed E-state index contributed by atoms with van der Waals surface area (Å²) in [6.45, 7) is 4.08. The lowest BCUT2D eigenvalue weighted by atomic mass is 10.2. The van der Waals surface area contributed by atoms with Crippen LogP contribution in [-0.2, 0) is 0 Å². The molecule has 0 atom stereocenters. The van der Waals surface area contributed by atoms with Crippen LogP contribution in [0.5, 0.6) is 0 Å². The molecule has 0 aliphatic heterocycles. The summed E-state index contributed by atoms with van der Waals surface area (Å²) in [6, 6.07) is 8.93. The normalized spacial score (nSPS) is 10.5. The van der Waals surface area contributed by atoms with E-state index in [1.54, 1.807) is 12.1 Å². The van der Waals surface area contributed by atoms with E-state index < -0.39 is 0 Å². The highest BCUT2D eigenvalue weighted by atomic mass is 35.5. The Bertz CT molecular complexity index is 643. The van der Waals surface area contributed by atoms with Crippen molar-refractivity contribution in [2.24, 2.45) is 0 Å². The van der Waals surface area contributed by atoms with Gasteiger partial charge in [-0.1, -0.05) is 35.9 Å². The maximum Gasteiger partial charge on any atom is 0.272 e. The van der Waals surface area contributed by atoms with Crippen LogP contribution in [0.2, 0.25) is 5.02 Å². The van der Waals surface area contributed by atoms with Crippen LogP contribution in [0.15, 0.2) is 43.0 Å². The summed E-state index contributed by atoms with van der Waals surface area (Å²) in [4.78, 5) is 18.2. The molecule has 0 aliphatic rings. The van der Waals surface area contributed by atoms with Gasteiger partial charge in [-0.3, -0.25) is 4.79 Å². The fraction of sp³-hybridized carbons (Fsp3) is 0.200. The number of aromatic nitrogens is 1. The van der Waals surface area contributed by atoms with Crippen molar-refractivity contribution in [3.05, 3.63) is 53.7 Å². The summed E-state index contributed by atoms with van der Waals surface area (Å²) < 4.78 is 0. The molecule has 0 spiro atoms. The molecule has 0 radical (unpaired) electrons. The molecule has 1 N–H and O–H groups in total. The number of benzene rings is 1. The molecule has 0 unspecified atom stereocenters. The molecule has 0 aliphatic carbocycles. The first-order valence-corrected chi connectivity index (χ1v) is 6.61. The van der Waals surface area contributed by atoms with Gasteiger partial charge in [0, 0.05) is 18.5 Å². The Kier molecular flexibility index (Phi) is 4.71. The Balaban J connectivity index is 2.41. The van der Waals surface area contributed by atoms with Gasteiger partial charge >= 0.3 is 0 Å². The molecule has 1 aromatic heterocycles. The third-order valence-corrected chi connectivity index (χ3v) is 3.20. The standard InChI is InChI=1S/C15H15ClN2O2/c1-2-7-18(8-9-19)15(20)14-10-12(16)11-5-3-4-6-13(11)17-14/h2-6,10,19H,1,7-9H2. The average Bonchev–Trinajstić information content (AvgIpc) is 2.46. The number of hydrogen-bond acceptors (Lipinski definition) is 3. The largest absolute Gasteiger partial charge is 0.395 e. The first-order chi connectivity index (χ1) is 9.67. The topological polar surface area (TPSA) is 53.4 Å². The van der Waals surface area contributed by atoms with Crippen molar-refractivity contribution in [3.8, 4) is 0 Å². The van der Waals surface area contributed by atoms with Gasteiger partial charge in [-0.2, -0.15) is 0 Å². The number of carbonyl (C=O) groups is 1. The fourth-order valence-corrected chi connectivity index (χ4v) is 2.22. The predicted octanol–water partition coefficient (Wildman–Crippen LogP) is 2.51. The molecule has 0 saturated carbocycles. The Hall–Kier alpha value is -1.91. The molecular weight excluding hydrogens is 276 g/mol. The molecule has 20 heavy (non-hydrogen) atoms. The van der Waals surface area contributed by atoms with Crippen molar-refractivity contribution < 1.29 is 9.90 Å². The summed E-state index contributed by atoms with van der Waals surface area (Å²) in [5.74, 6) is -0.272. The zero-order valence-electron chi connectivity index (χ0n) is 10.9. The smallest absolute Gasteiger partial charge is 0.272 e. The molecule has 0 fully saturated rings. The van der Waals surface area contributed by atoms with E-state index in [1.165, 1.54) is 4.90 Å². The number of carbonyl (C=O) groups excluding carboxylic acids is 1. The number of amides is 1. The van der Waals surface area contributed by atoms with Crippen molar-refractivity contribution in [2.45, 2.75) is 0 Å². The van der Waals surface area contributed by atoms with Crippen molar-refractivity contribution in [1.29, 1.82) is 0 Å². The molecule has 0 bridgehead atoms. The predicted molar refractivity (Wildman–Crippen MR) is 79.9 cm³/mol. The quantitative estimate of drug-likeness (QED) is 0.861. The monoisotopic (exact) mass is 290 g/mol. The first-order valence-electron chi connectivity index (χ1n) is 6.23. The zero-order valence-corrected chi connectivity index (χ0v) is 11.7. The van der Waals surface area contributed by atoms with Gasteiger partial charge in [-0.15, -0.1) is 6.58 Å². The zero-order chi connectivity index (χ0) is 14.5. The van der Waals surface area contributed by atoms with Crippen LogP contribution in [0.1, 0.15) is 10.5 Å². The van der Waals surface area contributed by atoms with Crippen LogP contribution < -0.4 is 0 Å². The van der Waals surface area contributed by atoms with E-state index in [0.717, 1.165) is 5.39 Å². The van der Waals surface area contributed by atoms with Crippen molar-refractivity contribution in [3.63, 3.8) is 0 Å². The van der Waals surface area contributed by atoms with Crippen molar-refractivity contribution in [1.82, 2.24) is 9.88 Å². The van der Waals surface area contributed by atoms with Gasteiger partial charge in [-0.05, 0) is 12.1 Å². The number of halogens is 1. The molecule has 2 aromatic rings. The number of aliphatic hydroxyl groups is 1. The van der Waals surface area contributed by atoms with Crippen LogP contribution in [0, 0.1) is 0 Å². The van der Waals surface area contributed by atoms with E-state index >= 15 is 0 Å². The fourth-order valence-electron chi connectivity index (χ4n) is 1.96. The van der Waals surface area contributed by atoms with E-state index in [2.05, 4.69) is 11.6 Å². The van der Waals surface area contributed by atoms with Gasteiger partial charge in [0.1, 0.15) is 5.69 Å². The summed E-state index contributed by atoms with van der Waals surface area (Å²) in [5, 5.41) is 10.3. The maximum atomic E-state index is 12.4. The first kappa shape index (κ1) is 14.5. The third-order valence-electron chi connectivity index (χ3n) is 2.89. The van der Waals surface area contributed by atoms with Crippen molar-refractivity contribution in [2.75, 3.05) is 19.7 Å². The molecule has 2 rings (SSSR count). The summed E-state index contributed by atoms with van der Waals surface area (Å²) in [6.07, 6.45) is 1.61. The molecular formula is C15H15ClN2O2. The highest BCUT2D eigenvalue weighted by Gasteiger charge is 2.17. The van der Waals surface area contributed by atoms with Gasteiger partial charge < -0.3 is 10.0 Å². The minimum atomic E-state index is -0.272. The van der Waals surface area contributed by atoms with Crippen LogP contribution in [0.4, 0.5) is 0 Å². The van der Waals surface area contributed by atoms with E-state index in [9.17, 15) is 4.79 Å². The van der Waals surface area contributed by atoms with Crippen molar-refractivity contribution >= 4 is 28.4 Å². The van der Waals surface area contributed by atoms with Crippen LogP contribution in [-0.4, -0.2) is 40.6 Å². The van der Waals surface area contributed by atoms with E-state index in [-0.39, 0.29) is 24.8 Å². The average molecular weight is 291 g/mol. The van der Waals surface area contributed by atoms with Gasteiger partial charge in [0.2, 0.25) is 0 Å². The lowest BCUT2D eigenvalue weighted by molar-refractivity contribution is 0.0737. The lowest BCUT2D eigenvalue weighted by Gasteiger charge is -2.19. The van der Waals surface area contributed by atoms with Gasteiger partial charge in [-0.25, -0.2) is 4.98 Å². The molecule has 5 heteroatoms. The Morgan fingerprint density at radius 2 is 2.20 bits per heavy atom. The second-order valence-corrected chi connectivity index (χ2v) is 4.68. The number of aliphatic hydroxyl groups excluding tert-OH is 1. The van der Waals surface area contributed by atoms with Gasteiger partial charge in [0.05, 0.1) is 17.1 Å². The Morgan fingerprint density at radius 1 is 1.45 bits per heavy atom. The lowest BCUT2D eigenvalue weighted by Crippen LogP contribution is -2.34. The second kappa shape index (κ2) is 6.50. The number of rotatable bonds is 5. The molecule has 104 valence electrons. The van der Waals surface area contributed by atoms with Crippen LogP contribution in [0.3, 0.4) is 0 Å². The maximum absolute atomic E-state index is 12.4. The Morgan fingerprint density at radius 3 is 2.90 bits per heavy atom. The molecule has 1 heterocycles. The molecule has 0 saturated heterocycles. The van der Waals surface area contributed by atoms with Crippen LogP contribution in [0.25, 0.3) is 10.9 Å². The Labute approximate surface area is 122 Å². The SMILES string of the molecule is C=CCN(CCO)C(=O)c1cc(Cl)c2ccccc2n1. The van der Waals surface area contributed by atoms with E-state index in [1.807, 2.05) is 24.3 Å². The number of hydrogen-bond donors (Lipinski definition) is 1. The minimum absolute atomic E-state index is 0.110. The van der Waals surface area contributed by atoms with Gasteiger partial charge in [0.25, 0.3) is 5.91 Å². The molecule has 1 amide bonds. The van der Waals surface area contributed by atoms with E-state index in [4.69, 9.17) is 16.7 Å². The van der Waals surface area contributed by atoms with Gasteiger partial charge in [0.15, 0.2) is 0 Å². The summed E-state index contributed by atoms with van der Waals surface area (Å²) in [7, 11) is 0. The summed E-state index contributed by atoms with van der Waals surface area (Å²) >= 11 is 6.18. The molecule has 1 aromatic carbocycles. The highest BCUT2D eigenvalue weighted by molar-refractivity contribution is 6.35. The minimum Gasteiger partial charge on any atom is -0.395 e. The molecule has 4 nitrogen and oxygen atoms in total. The number of pyridine rings is 1. The number of fused-ring (bicyclic) bond motifs is 1. The summed E-state index contributed by atoms with van der Waals surface area (Å²) in [5.41, 5.74) is 0.940.